The van der Waals surface area contributed by atoms with Crippen LogP contribution >= 0.6 is 0 Å². The quantitative estimate of drug-likeness (QED) is 0.112. The molecule has 6 rings (SSSR count). The number of amides is 1. The van der Waals surface area contributed by atoms with Gasteiger partial charge in [0.25, 0.3) is 0 Å². The van der Waals surface area contributed by atoms with E-state index in [9.17, 15) is 9.59 Å². The first-order chi connectivity index (χ1) is 30.0. The molecule has 1 amide bonds. The molecule has 5 aliphatic rings. The number of likely N-dealkylation sites (tertiary alicyclic amines) is 1. The summed E-state index contributed by atoms with van der Waals surface area (Å²) in [5, 5.41) is 0. The van der Waals surface area contributed by atoms with Crippen molar-refractivity contribution in [2.45, 2.75) is 221 Å². The summed E-state index contributed by atoms with van der Waals surface area (Å²) >= 11 is 0. The maximum absolute atomic E-state index is 15.9. The predicted octanol–water partition coefficient (Wildman–Crippen LogP) is 13.2. The average molecular weight is 924 g/mol. The van der Waals surface area contributed by atoms with E-state index in [1.165, 1.54) is 0 Å². The Kier molecular flexibility index (Phi) is 15.7. The van der Waals surface area contributed by atoms with Crippen LogP contribution in [0.5, 0.6) is 0 Å². The molecule has 2 aliphatic heterocycles. The Hall–Kier alpha value is -2.06. The topological polar surface area (TPSA) is 101 Å². The molecule has 0 aromatic heterocycles. The average Bonchev–Trinajstić information content (AvgIpc) is 3.53. The zero-order valence-corrected chi connectivity index (χ0v) is 44.7. The summed E-state index contributed by atoms with van der Waals surface area (Å²) in [5.74, 6) is 1.40. The van der Waals surface area contributed by atoms with Crippen LogP contribution in [0.15, 0.2) is 30.3 Å². The molecule has 11 heteroatoms. The molecule has 0 unspecified atom stereocenters. The van der Waals surface area contributed by atoms with Gasteiger partial charge in [0.05, 0.1) is 24.8 Å². The van der Waals surface area contributed by atoms with Crippen molar-refractivity contribution in [3.8, 4) is 0 Å². The number of benzene rings is 1. The number of ketones is 1. The Balaban J connectivity index is 1.47. The van der Waals surface area contributed by atoms with E-state index in [4.69, 9.17) is 23.1 Å². The number of ether oxygens (including phenoxy) is 3. The van der Waals surface area contributed by atoms with E-state index in [0.29, 0.717) is 67.9 Å². The van der Waals surface area contributed by atoms with Gasteiger partial charge >= 0.3 is 12.1 Å². The van der Waals surface area contributed by atoms with Gasteiger partial charge in [-0.1, -0.05) is 94.4 Å². The van der Waals surface area contributed by atoms with Gasteiger partial charge in [-0.25, -0.2) is 9.59 Å². The van der Waals surface area contributed by atoms with E-state index in [1.807, 2.05) is 43.9 Å². The summed E-state index contributed by atoms with van der Waals surface area (Å²) in [7, 11) is -4.13. The summed E-state index contributed by atoms with van der Waals surface area (Å²) < 4.78 is 34.8. The highest BCUT2D eigenvalue weighted by atomic mass is 28.4. The lowest BCUT2D eigenvalue weighted by molar-refractivity contribution is -0.227. The minimum Gasteiger partial charge on any atom is -0.462 e. The molecule has 12 atom stereocenters. The molecule has 1 aromatic rings. The van der Waals surface area contributed by atoms with Crippen LogP contribution in [0.4, 0.5) is 4.79 Å². The van der Waals surface area contributed by atoms with Crippen molar-refractivity contribution in [1.29, 1.82) is 0 Å². The number of hydrogen-bond donors (Lipinski definition) is 0. The summed E-state index contributed by atoms with van der Waals surface area (Å²) in [4.78, 5) is 45.5. The fraction of sp³-hybridized carbons (Fsp3) is 0.830. The van der Waals surface area contributed by atoms with Gasteiger partial charge in [-0.3, -0.25) is 9.69 Å². The first kappa shape index (κ1) is 51.3. The largest absolute Gasteiger partial charge is 0.462 e. The van der Waals surface area contributed by atoms with E-state index >= 15 is 4.79 Å². The second kappa shape index (κ2) is 19.5. The third-order valence-electron chi connectivity index (χ3n) is 18.6. The highest BCUT2D eigenvalue weighted by molar-refractivity contribution is 6.74. The maximum Gasteiger partial charge on any atom is 0.412 e. The Morgan fingerprint density at radius 2 is 1.38 bits per heavy atom. The number of hydrogen-bond acceptors (Lipinski definition) is 8. The number of Topliss-reactive ketones (excluding diaryl/α,β-unsaturated/α-hetero) is 1. The molecule has 2 bridgehead atoms. The number of esters is 1. The standard InChI is InChI=1S/C53H89NO8Si2/c1-15-63(16-2,17-3)61-43-32-37(7)31-42-41(43)33-44(62-64(18-4,19-5)20-6)46-50(42,12)35-45(55)51(13,52(46,14)28-29-58-47(56)39-24-22-21-23-25-39)26-27-53-34-38(8)30-40(59-53)36-54(53)48(57)60-49(9,10)11/h21-25,37-38,40-44,46H,15-20,26-36H2,1-14H3/t37-,38+,40-,41+,42-,43-,44-,46+,50+,51-,52+,53+/m1/s1. The van der Waals surface area contributed by atoms with Gasteiger partial charge in [0.2, 0.25) is 0 Å². The van der Waals surface area contributed by atoms with Crippen LogP contribution in [0, 0.1) is 45.8 Å². The van der Waals surface area contributed by atoms with E-state index in [0.717, 1.165) is 61.9 Å². The molecule has 3 aliphatic carbocycles. The van der Waals surface area contributed by atoms with Gasteiger partial charge in [-0.2, -0.15) is 0 Å². The minimum absolute atomic E-state index is 0.0226. The zero-order chi connectivity index (χ0) is 47.1. The summed E-state index contributed by atoms with van der Waals surface area (Å²) in [5.41, 5.74) is -2.81. The lowest BCUT2D eigenvalue weighted by atomic mass is 9.36. The van der Waals surface area contributed by atoms with Crippen LogP contribution < -0.4 is 0 Å². The Bertz CT molecular complexity index is 1760. The van der Waals surface area contributed by atoms with E-state index in [-0.39, 0.29) is 54.1 Å². The molecule has 9 nitrogen and oxygen atoms in total. The van der Waals surface area contributed by atoms with Crippen LogP contribution in [0.1, 0.15) is 165 Å². The monoisotopic (exact) mass is 924 g/mol. The fourth-order valence-corrected chi connectivity index (χ4v) is 20.2. The molecule has 0 N–H and O–H groups in total. The second-order valence-corrected chi connectivity index (χ2v) is 32.7. The van der Waals surface area contributed by atoms with E-state index in [2.05, 4.69) is 76.2 Å². The van der Waals surface area contributed by atoms with Gasteiger partial charge < -0.3 is 23.1 Å². The first-order valence-electron chi connectivity index (χ1n) is 25.8. The molecule has 0 spiro atoms. The molecule has 5 fully saturated rings. The second-order valence-electron chi connectivity index (χ2n) is 23.3. The minimum atomic E-state index is -2.18. The van der Waals surface area contributed by atoms with Crippen molar-refractivity contribution in [3.05, 3.63) is 35.9 Å². The van der Waals surface area contributed by atoms with Crippen molar-refractivity contribution in [2.75, 3.05) is 13.2 Å². The molecular weight excluding hydrogens is 835 g/mol. The SMILES string of the molecule is CC[Si](CC)(CC)O[C@@H]1C[C@H](C)C[C@@H]2[C@@H]1C[C@@H](O[Si](CC)(CC)CC)[C@H]1[C@@]2(C)CC(=O)[C@@](C)(CC[C@]23C[C@@H](C)C[C@H](CN2C(=O)OC(C)(C)C)O3)[C@@]1(C)CCOC(=O)c1ccccc1. The lowest BCUT2D eigenvalue weighted by Gasteiger charge is -2.69. The zero-order valence-electron chi connectivity index (χ0n) is 42.7. The molecule has 1 aromatic carbocycles. The molecule has 64 heavy (non-hydrogen) atoms. The van der Waals surface area contributed by atoms with Crippen LogP contribution in [0.2, 0.25) is 36.3 Å². The normalized spacial score (nSPS) is 36.6. The molecule has 2 heterocycles. The van der Waals surface area contributed by atoms with Crippen molar-refractivity contribution >= 4 is 34.5 Å². The molecule has 3 saturated carbocycles. The highest BCUT2D eigenvalue weighted by Crippen LogP contribution is 2.71. The first-order valence-corrected chi connectivity index (χ1v) is 30.9. The van der Waals surface area contributed by atoms with Crippen LogP contribution in [0.25, 0.3) is 0 Å². The maximum atomic E-state index is 15.9. The van der Waals surface area contributed by atoms with Crippen molar-refractivity contribution in [3.63, 3.8) is 0 Å². The van der Waals surface area contributed by atoms with Crippen molar-refractivity contribution in [1.82, 2.24) is 4.90 Å². The van der Waals surface area contributed by atoms with Crippen molar-refractivity contribution < 1.29 is 37.4 Å². The van der Waals surface area contributed by atoms with Crippen LogP contribution in [-0.2, 0) is 27.9 Å². The third-order valence-corrected chi connectivity index (χ3v) is 27.9. The van der Waals surface area contributed by atoms with Crippen molar-refractivity contribution in [2.24, 2.45) is 45.8 Å². The Morgan fingerprint density at radius 3 is 1.95 bits per heavy atom. The number of carbonyl (C=O) groups is 3. The van der Waals surface area contributed by atoms with Gasteiger partial charge in [0.15, 0.2) is 16.6 Å². The predicted molar refractivity (Wildman–Crippen MR) is 261 cm³/mol. The lowest BCUT2D eigenvalue weighted by Crippen LogP contribution is -2.69. The molecular formula is C53H89NO8Si2. The molecule has 2 saturated heterocycles. The Morgan fingerprint density at radius 1 is 0.781 bits per heavy atom. The Labute approximate surface area is 390 Å². The molecule has 0 radical (unpaired) electrons. The summed E-state index contributed by atoms with van der Waals surface area (Å²) in [6.07, 6.45) is 6.41. The third kappa shape index (κ3) is 9.65. The highest BCUT2D eigenvalue weighted by Gasteiger charge is 2.71. The number of nitrogens with zero attached hydrogens (tertiary/aromatic N) is 1. The van der Waals surface area contributed by atoms with Crippen LogP contribution in [0.3, 0.4) is 0 Å². The fourth-order valence-electron chi connectivity index (χ4n) is 14.5. The van der Waals surface area contributed by atoms with Gasteiger partial charge in [-0.15, -0.1) is 0 Å². The van der Waals surface area contributed by atoms with E-state index < -0.39 is 38.8 Å². The number of fused-ring (bicyclic) bond motifs is 5. The van der Waals surface area contributed by atoms with Gasteiger partial charge in [-0.05, 0) is 161 Å². The summed E-state index contributed by atoms with van der Waals surface area (Å²) in [6.45, 7) is 32.1. The molecule has 362 valence electrons. The number of rotatable bonds is 17. The van der Waals surface area contributed by atoms with Gasteiger partial charge in [0.1, 0.15) is 17.1 Å². The number of carbonyl (C=O) groups excluding carboxylic acids is 3. The van der Waals surface area contributed by atoms with E-state index in [1.54, 1.807) is 12.1 Å². The summed E-state index contributed by atoms with van der Waals surface area (Å²) in [6, 6.07) is 15.7. The van der Waals surface area contributed by atoms with Crippen LogP contribution in [-0.4, -0.2) is 82.2 Å². The van der Waals surface area contributed by atoms with Gasteiger partial charge in [0, 0.05) is 24.0 Å². The smallest absolute Gasteiger partial charge is 0.412 e.